The number of nitrogens with zero attached hydrogens (tertiary/aromatic N) is 3. The summed E-state index contributed by atoms with van der Waals surface area (Å²) in [6.45, 7) is 6.00. The molecule has 1 aromatic heterocycles. The maximum atomic E-state index is 4.48. The summed E-state index contributed by atoms with van der Waals surface area (Å²) in [5.41, 5.74) is 4.32. The molecule has 0 aliphatic rings. The molecule has 25 heavy (non-hydrogen) atoms. The van der Waals surface area contributed by atoms with E-state index in [0.717, 1.165) is 16.9 Å². The molecule has 1 heterocycles. The smallest absolute Gasteiger partial charge is 0.232 e. The summed E-state index contributed by atoms with van der Waals surface area (Å²) in [6, 6.07) is 14.4. The second kappa shape index (κ2) is 7.53. The lowest BCUT2D eigenvalue weighted by Gasteiger charge is -2.11. The molecule has 3 aromatic rings. The largest absolute Gasteiger partial charge is 0.324 e. The molecule has 0 bridgehead atoms. The molecule has 0 aliphatic carbocycles. The van der Waals surface area contributed by atoms with Crippen molar-refractivity contribution in [3.63, 3.8) is 0 Å². The van der Waals surface area contributed by atoms with Crippen LogP contribution in [0.1, 0.15) is 17.0 Å². The number of hydrogen-bond acceptors (Lipinski definition) is 6. The highest BCUT2D eigenvalue weighted by atomic mass is 32.2. The van der Waals surface area contributed by atoms with E-state index in [1.807, 2.05) is 25.1 Å². The fraction of sp³-hybridized carbons (Fsp3) is 0.211. The third-order valence-electron chi connectivity index (χ3n) is 3.72. The van der Waals surface area contributed by atoms with Crippen LogP contribution in [0.4, 0.5) is 23.3 Å². The van der Waals surface area contributed by atoms with Gasteiger partial charge in [-0.05, 0) is 62.9 Å². The van der Waals surface area contributed by atoms with Gasteiger partial charge in [-0.25, -0.2) is 0 Å². The lowest BCUT2D eigenvalue weighted by Crippen LogP contribution is -2.06. The zero-order valence-electron chi connectivity index (χ0n) is 14.8. The number of aryl methyl sites for hydroxylation is 3. The molecule has 0 amide bonds. The molecule has 2 aromatic carbocycles. The van der Waals surface area contributed by atoms with Crippen molar-refractivity contribution in [3.05, 3.63) is 59.4 Å². The Hall–Kier alpha value is -2.60. The van der Waals surface area contributed by atoms with Gasteiger partial charge in [0.05, 0.1) is 0 Å². The zero-order chi connectivity index (χ0) is 17.8. The van der Waals surface area contributed by atoms with E-state index in [-0.39, 0.29) is 0 Å². The first-order valence-corrected chi connectivity index (χ1v) is 9.24. The number of aromatic nitrogens is 3. The summed E-state index contributed by atoms with van der Waals surface area (Å²) in [5, 5.41) is 6.51. The highest BCUT2D eigenvalue weighted by Gasteiger charge is 2.07. The Morgan fingerprint density at radius 3 is 2.12 bits per heavy atom. The van der Waals surface area contributed by atoms with Gasteiger partial charge in [0, 0.05) is 16.3 Å². The summed E-state index contributed by atoms with van der Waals surface area (Å²) in [4.78, 5) is 14.5. The number of thioether (sulfide) groups is 1. The Bertz CT molecular complexity index is 877. The van der Waals surface area contributed by atoms with E-state index in [9.17, 15) is 0 Å². The quantitative estimate of drug-likeness (QED) is 0.630. The molecule has 6 heteroatoms. The third-order valence-corrected chi connectivity index (χ3v) is 4.47. The van der Waals surface area contributed by atoms with Crippen LogP contribution in [-0.4, -0.2) is 21.2 Å². The molecule has 3 rings (SSSR count). The van der Waals surface area contributed by atoms with Crippen molar-refractivity contribution in [2.75, 3.05) is 16.9 Å². The lowest BCUT2D eigenvalue weighted by molar-refractivity contribution is 0.988. The van der Waals surface area contributed by atoms with E-state index < -0.39 is 0 Å². The minimum atomic E-state index is 0.525. The van der Waals surface area contributed by atoms with Crippen LogP contribution in [0.15, 0.2) is 47.4 Å². The zero-order valence-corrected chi connectivity index (χ0v) is 15.6. The Morgan fingerprint density at radius 2 is 1.48 bits per heavy atom. The van der Waals surface area contributed by atoms with Crippen LogP contribution < -0.4 is 10.6 Å². The second-order valence-corrected chi connectivity index (χ2v) is 6.71. The Kier molecular flexibility index (Phi) is 5.19. The fourth-order valence-electron chi connectivity index (χ4n) is 2.47. The fourth-order valence-corrected chi connectivity index (χ4v) is 2.88. The minimum absolute atomic E-state index is 0.525. The average Bonchev–Trinajstić information content (AvgIpc) is 2.58. The van der Waals surface area contributed by atoms with Crippen LogP contribution in [0.5, 0.6) is 0 Å². The summed E-state index contributed by atoms with van der Waals surface area (Å²) in [7, 11) is 0. The van der Waals surface area contributed by atoms with E-state index in [0.29, 0.717) is 17.7 Å². The van der Waals surface area contributed by atoms with E-state index >= 15 is 0 Å². The highest BCUT2D eigenvalue weighted by Crippen LogP contribution is 2.22. The summed E-state index contributed by atoms with van der Waals surface area (Å²) >= 11 is 1.71. The van der Waals surface area contributed by atoms with Crippen molar-refractivity contribution in [1.82, 2.24) is 15.0 Å². The summed E-state index contributed by atoms with van der Waals surface area (Å²) < 4.78 is 0. The Balaban J connectivity index is 1.82. The first-order valence-electron chi connectivity index (χ1n) is 8.01. The first kappa shape index (κ1) is 17.2. The number of hydrogen-bond donors (Lipinski definition) is 2. The molecule has 0 radical (unpaired) electrons. The van der Waals surface area contributed by atoms with Crippen LogP contribution in [-0.2, 0) is 0 Å². The number of nitrogens with one attached hydrogen (secondary N) is 2. The third kappa shape index (κ3) is 4.48. The van der Waals surface area contributed by atoms with Crippen LogP contribution in [0, 0.1) is 20.8 Å². The lowest BCUT2D eigenvalue weighted by atomic mass is 10.1. The molecule has 2 N–H and O–H groups in total. The van der Waals surface area contributed by atoms with Crippen LogP contribution >= 0.6 is 11.8 Å². The molecule has 0 saturated carbocycles. The molecule has 5 nitrogen and oxygen atoms in total. The van der Waals surface area contributed by atoms with Crippen molar-refractivity contribution in [3.8, 4) is 0 Å². The maximum Gasteiger partial charge on any atom is 0.232 e. The van der Waals surface area contributed by atoms with Gasteiger partial charge >= 0.3 is 0 Å². The molecule has 0 unspecified atom stereocenters. The SMILES string of the molecule is CSc1ccc(Nc2nc(C)nc(Nc3ccc(C)cc3C)n2)cc1. The van der Waals surface area contributed by atoms with Gasteiger partial charge in [0.25, 0.3) is 0 Å². The molecule has 0 saturated heterocycles. The molecule has 0 spiro atoms. The molecule has 0 aliphatic heterocycles. The van der Waals surface area contributed by atoms with Crippen molar-refractivity contribution >= 4 is 35.0 Å². The maximum absolute atomic E-state index is 4.48. The van der Waals surface area contributed by atoms with Crippen LogP contribution in [0.2, 0.25) is 0 Å². The highest BCUT2D eigenvalue weighted by molar-refractivity contribution is 7.98. The van der Waals surface area contributed by atoms with Gasteiger partial charge in [0.2, 0.25) is 11.9 Å². The average molecular weight is 351 g/mol. The molecule has 128 valence electrons. The monoisotopic (exact) mass is 351 g/mol. The van der Waals surface area contributed by atoms with Gasteiger partial charge in [-0.2, -0.15) is 15.0 Å². The number of benzene rings is 2. The molecular formula is C19H21N5S. The molecular weight excluding hydrogens is 330 g/mol. The van der Waals surface area contributed by atoms with Crippen LogP contribution in [0.25, 0.3) is 0 Å². The van der Waals surface area contributed by atoms with Gasteiger partial charge < -0.3 is 10.6 Å². The number of anilines is 4. The van der Waals surface area contributed by atoms with Crippen molar-refractivity contribution in [2.45, 2.75) is 25.7 Å². The van der Waals surface area contributed by atoms with E-state index in [4.69, 9.17) is 0 Å². The van der Waals surface area contributed by atoms with E-state index in [2.05, 4.69) is 70.0 Å². The van der Waals surface area contributed by atoms with Gasteiger partial charge in [-0.1, -0.05) is 17.7 Å². The Morgan fingerprint density at radius 1 is 0.800 bits per heavy atom. The van der Waals surface area contributed by atoms with Gasteiger partial charge in [-0.15, -0.1) is 11.8 Å². The summed E-state index contributed by atoms with van der Waals surface area (Å²) in [6.07, 6.45) is 2.06. The topological polar surface area (TPSA) is 62.7 Å². The Labute approximate surface area is 152 Å². The first-order chi connectivity index (χ1) is 12.0. The van der Waals surface area contributed by atoms with E-state index in [1.54, 1.807) is 11.8 Å². The van der Waals surface area contributed by atoms with Gasteiger partial charge in [0.15, 0.2) is 0 Å². The standard InChI is InChI=1S/C19H21N5S/c1-12-5-10-17(13(2)11-12)23-19-21-14(3)20-18(24-19)22-15-6-8-16(25-4)9-7-15/h5-11H,1-4H3,(H2,20,21,22,23,24). The predicted octanol–water partition coefficient (Wildman–Crippen LogP) is 5.01. The van der Waals surface area contributed by atoms with E-state index in [1.165, 1.54) is 10.5 Å². The second-order valence-electron chi connectivity index (χ2n) is 5.83. The summed E-state index contributed by atoms with van der Waals surface area (Å²) in [5.74, 6) is 1.71. The normalized spacial score (nSPS) is 10.6. The van der Waals surface area contributed by atoms with Gasteiger partial charge in [0.1, 0.15) is 5.82 Å². The van der Waals surface area contributed by atoms with Crippen molar-refractivity contribution in [2.24, 2.45) is 0 Å². The van der Waals surface area contributed by atoms with Gasteiger partial charge in [-0.3, -0.25) is 0 Å². The molecule has 0 fully saturated rings. The van der Waals surface area contributed by atoms with Crippen LogP contribution in [0.3, 0.4) is 0 Å². The minimum Gasteiger partial charge on any atom is -0.324 e. The van der Waals surface area contributed by atoms with Crippen molar-refractivity contribution in [1.29, 1.82) is 0 Å². The molecule has 0 atom stereocenters. The number of rotatable bonds is 5. The van der Waals surface area contributed by atoms with Crippen molar-refractivity contribution < 1.29 is 0 Å². The predicted molar refractivity (Wildman–Crippen MR) is 105 cm³/mol.